The Morgan fingerprint density at radius 3 is 1.94 bits per heavy atom. The summed E-state index contributed by atoms with van der Waals surface area (Å²) < 4.78 is 34.7. The average Bonchev–Trinajstić information content (AvgIpc) is 2.71. The SMILES string of the molecule is C=C[C@H](OC)[C@@H](O[Si](C)(C)C(C)(C)C)[C@H](C)/C=C(/C)C(C)[C@H](C)C(=O)CP(=O)(OC)OC. The molecule has 0 aliphatic carbocycles. The van der Waals surface area contributed by atoms with E-state index in [1.807, 2.05) is 20.8 Å². The Morgan fingerprint density at radius 1 is 1.06 bits per heavy atom. The molecule has 5 atom stereocenters. The van der Waals surface area contributed by atoms with Crippen molar-refractivity contribution in [1.29, 1.82) is 0 Å². The first-order chi connectivity index (χ1) is 14.5. The molecule has 0 saturated carbocycles. The van der Waals surface area contributed by atoms with Crippen molar-refractivity contribution in [3.8, 4) is 0 Å². The highest BCUT2D eigenvalue weighted by Crippen LogP contribution is 2.47. The number of rotatable bonds is 14. The fraction of sp³-hybridized carbons (Fsp3) is 0.792. The Morgan fingerprint density at radius 2 is 1.56 bits per heavy atom. The zero-order valence-electron chi connectivity index (χ0n) is 22.4. The van der Waals surface area contributed by atoms with Crippen molar-refractivity contribution in [1.82, 2.24) is 0 Å². The Balaban J connectivity index is 5.73. The average molecular weight is 491 g/mol. The number of hydrogen-bond acceptors (Lipinski definition) is 6. The van der Waals surface area contributed by atoms with Crippen LogP contribution in [0.3, 0.4) is 0 Å². The van der Waals surface area contributed by atoms with Crippen molar-refractivity contribution >= 4 is 21.7 Å². The van der Waals surface area contributed by atoms with Crippen molar-refractivity contribution in [3.63, 3.8) is 0 Å². The summed E-state index contributed by atoms with van der Waals surface area (Å²) in [4.78, 5) is 12.7. The molecular formula is C24H47O6PSi. The lowest BCUT2D eigenvalue weighted by Gasteiger charge is -2.42. The quantitative estimate of drug-likeness (QED) is 0.157. The lowest BCUT2D eigenvalue weighted by Crippen LogP contribution is -2.49. The number of carbonyl (C=O) groups is 1. The molecule has 0 aromatic carbocycles. The van der Waals surface area contributed by atoms with E-state index in [9.17, 15) is 9.36 Å². The fourth-order valence-corrected chi connectivity index (χ4v) is 5.69. The van der Waals surface area contributed by atoms with Crippen LogP contribution in [0.2, 0.25) is 18.1 Å². The highest BCUT2D eigenvalue weighted by atomic mass is 31.2. The summed E-state index contributed by atoms with van der Waals surface area (Å²) in [6, 6.07) is 0. The topological polar surface area (TPSA) is 71.1 Å². The van der Waals surface area contributed by atoms with E-state index in [2.05, 4.69) is 53.4 Å². The number of hydrogen-bond donors (Lipinski definition) is 0. The molecule has 0 saturated heterocycles. The largest absolute Gasteiger partial charge is 0.410 e. The molecule has 0 fully saturated rings. The highest BCUT2D eigenvalue weighted by Gasteiger charge is 2.41. The predicted molar refractivity (Wildman–Crippen MR) is 136 cm³/mol. The molecule has 0 radical (unpaired) electrons. The summed E-state index contributed by atoms with van der Waals surface area (Å²) in [5.41, 5.74) is 1.07. The van der Waals surface area contributed by atoms with Gasteiger partial charge < -0.3 is 18.2 Å². The van der Waals surface area contributed by atoms with Crippen LogP contribution < -0.4 is 0 Å². The minimum atomic E-state index is -3.38. The number of carbonyl (C=O) groups excluding carboxylic acids is 1. The molecule has 188 valence electrons. The van der Waals surface area contributed by atoms with Crippen molar-refractivity contribution in [2.75, 3.05) is 27.5 Å². The lowest BCUT2D eigenvalue weighted by atomic mass is 9.84. The highest BCUT2D eigenvalue weighted by molar-refractivity contribution is 7.54. The molecule has 0 heterocycles. The summed E-state index contributed by atoms with van der Waals surface area (Å²) in [6.07, 6.45) is 3.29. The molecule has 0 aromatic rings. The summed E-state index contributed by atoms with van der Waals surface area (Å²) in [6.45, 7) is 23.0. The van der Waals surface area contributed by atoms with Gasteiger partial charge in [0, 0.05) is 33.2 Å². The zero-order valence-corrected chi connectivity index (χ0v) is 24.2. The normalized spacial score (nSPS) is 18.6. The third-order valence-electron chi connectivity index (χ3n) is 6.99. The van der Waals surface area contributed by atoms with Crippen LogP contribution >= 0.6 is 7.60 Å². The number of ketones is 1. The van der Waals surface area contributed by atoms with E-state index in [0.29, 0.717) is 0 Å². The Bertz CT molecular complexity index is 689. The summed E-state index contributed by atoms with van der Waals surface area (Å²) in [5.74, 6) is -0.458. The van der Waals surface area contributed by atoms with Crippen LogP contribution in [-0.4, -0.2) is 53.8 Å². The Labute approximate surface area is 197 Å². The van der Waals surface area contributed by atoms with Gasteiger partial charge in [0.1, 0.15) is 18.0 Å². The standard InChI is InChI=1S/C24H47O6PSi/c1-14-22(27-9)23(30-32(12,13)24(6,7)8)18(3)15-17(2)19(4)20(5)21(25)16-31(26,28-10)29-11/h14-15,18-20,22-23H,1,16H2,2-13H3/b17-15-/t18-,19?,20+,22+,23+/m1/s1. The molecule has 0 bridgehead atoms. The number of ether oxygens (including phenoxy) is 1. The van der Waals surface area contributed by atoms with Gasteiger partial charge in [-0.3, -0.25) is 9.36 Å². The maximum atomic E-state index is 12.7. The van der Waals surface area contributed by atoms with Crippen LogP contribution in [0.15, 0.2) is 24.3 Å². The molecule has 0 aromatic heterocycles. The second-order valence-electron chi connectivity index (χ2n) is 10.2. The second-order valence-corrected chi connectivity index (χ2v) is 17.3. The fourth-order valence-electron chi connectivity index (χ4n) is 3.23. The van der Waals surface area contributed by atoms with Gasteiger partial charge in [0.15, 0.2) is 8.32 Å². The van der Waals surface area contributed by atoms with Crippen molar-refractivity contribution in [2.45, 2.75) is 78.8 Å². The first kappa shape index (κ1) is 31.4. The van der Waals surface area contributed by atoms with Crippen LogP contribution in [-0.2, 0) is 27.6 Å². The van der Waals surface area contributed by atoms with Crippen LogP contribution in [0.5, 0.6) is 0 Å². The second kappa shape index (κ2) is 12.8. The smallest absolute Gasteiger partial charge is 0.337 e. The van der Waals surface area contributed by atoms with Gasteiger partial charge in [-0.15, -0.1) is 6.58 Å². The van der Waals surface area contributed by atoms with Gasteiger partial charge in [0.2, 0.25) is 0 Å². The molecule has 0 amide bonds. The number of methoxy groups -OCH3 is 1. The van der Waals surface area contributed by atoms with Gasteiger partial charge in [-0.05, 0) is 31.0 Å². The van der Waals surface area contributed by atoms with Crippen molar-refractivity contribution in [3.05, 3.63) is 24.3 Å². The van der Waals surface area contributed by atoms with Crippen LogP contribution in [0, 0.1) is 17.8 Å². The van der Waals surface area contributed by atoms with Gasteiger partial charge >= 0.3 is 7.60 Å². The summed E-state index contributed by atoms with van der Waals surface area (Å²) >= 11 is 0. The molecule has 0 rings (SSSR count). The molecule has 32 heavy (non-hydrogen) atoms. The molecule has 0 spiro atoms. The number of Topliss-reactive ketones (excluding diaryl/α,β-unsaturated/α-hetero) is 1. The minimum Gasteiger partial charge on any atom is -0.410 e. The van der Waals surface area contributed by atoms with E-state index in [1.165, 1.54) is 14.2 Å². The lowest BCUT2D eigenvalue weighted by molar-refractivity contribution is -0.121. The molecule has 0 aliphatic rings. The monoisotopic (exact) mass is 490 g/mol. The maximum absolute atomic E-state index is 12.7. The van der Waals surface area contributed by atoms with E-state index < -0.39 is 15.9 Å². The van der Waals surface area contributed by atoms with Crippen molar-refractivity contribution < 1.29 is 27.6 Å². The first-order valence-corrected chi connectivity index (χ1v) is 15.9. The molecule has 1 unspecified atom stereocenters. The number of allylic oxidation sites excluding steroid dienone is 1. The zero-order chi connectivity index (χ0) is 25.5. The molecule has 0 aliphatic heterocycles. The van der Waals surface area contributed by atoms with E-state index in [1.54, 1.807) is 13.2 Å². The van der Waals surface area contributed by atoms with E-state index >= 15 is 0 Å². The van der Waals surface area contributed by atoms with E-state index in [4.69, 9.17) is 18.2 Å². The van der Waals surface area contributed by atoms with Gasteiger partial charge in [-0.25, -0.2) is 0 Å². The third-order valence-corrected chi connectivity index (χ3v) is 13.3. The maximum Gasteiger partial charge on any atom is 0.337 e. The van der Waals surface area contributed by atoms with E-state index in [0.717, 1.165) is 5.57 Å². The minimum absolute atomic E-state index is 0.0367. The summed E-state index contributed by atoms with van der Waals surface area (Å²) in [7, 11) is -1.16. The Hall–Kier alpha value is -0.563. The van der Waals surface area contributed by atoms with Gasteiger partial charge in [0.25, 0.3) is 0 Å². The third kappa shape index (κ3) is 8.66. The van der Waals surface area contributed by atoms with Crippen LogP contribution in [0.25, 0.3) is 0 Å². The van der Waals surface area contributed by atoms with Gasteiger partial charge in [0.05, 0.1) is 6.10 Å². The molecule has 8 heteroatoms. The predicted octanol–water partition coefficient (Wildman–Crippen LogP) is 6.49. The summed E-state index contributed by atoms with van der Waals surface area (Å²) in [5, 5.41) is 0.0635. The van der Waals surface area contributed by atoms with Crippen LogP contribution in [0.4, 0.5) is 0 Å². The van der Waals surface area contributed by atoms with E-state index in [-0.39, 0.29) is 46.9 Å². The molecule has 0 N–H and O–H groups in total. The first-order valence-electron chi connectivity index (χ1n) is 11.2. The van der Waals surface area contributed by atoms with Crippen LogP contribution in [0.1, 0.15) is 48.5 Å². The Kier molecular flexibility index (Phi) is 12.6. The van der Waals surface area contributed by atoms with Gasteiger partial charge in [-0.1, -0.05) is 59.3 Å². The molecule has 6 nitrogen and oxygen atoms in total. The molecular weight excluding hydrogens is 443 g/mol. The van der Waals surface area contributed by atoms with Crippen molar-refractivity contribution in [2.24, 2.45) is 17.8 Å². The van der Waals surface area contributed by atoms with Gasteiger partial charge in [-0.2, -0.15) is 0 Å².